The normalized spacial score (nSPS) is 17.4. The van der Waals surface area contributed by atoms with E-state index in [-0.39, 0.29) is 0 Å². The van der Waals surface area contributed by atoms with Crippen molar-refractivity contribution in [2.24, 2.45) is 5.73 Å². The molecule has 0 radical (unpaired) electrons. The Morgan fingerprint density at radius 3 is 3.23 bits per heavy atom. The minimum absolute atomic E-state index is 0.636. The third-order valence-electron chi connectivity index (χ3n) is 2.49. The van der Waals surface area contributed by atoms with E-state index < -0.39 is 0 Å². The highest BCUT2D eigenvalue weighted by Gasteiger charge is 2.20. The van der Waals surface area contributed by atoms with Gasteiger partial charge in [0.15, 0.2) is 0 Å². The Hall–Kier alpha value is -0.870. The summed E-state index contributed by atoms with van der Waals surface area (Å²) in [5, 5.41) is 4.05. The van der Waals surface area contributed by atoms with Gasteiger partial charge in [-0.1, -0.05) is 5.16 Å². The van der Waals surface area contributed by atoms with E-state index in [0.717, 1.165) is 37.4 Å². The molecule has 4 nitrogen and oxygen atoms in total. The molecule has 1 aliphatic heterocycles. The molecule has 0 saturated carbocycles. The largest absolute Gasteiger partial charge is 0.361 e. The third kappa shape index (κ3) is 1.59. The lowest BCUT2D eigenvalue weighted by Crippen LogP contribution is -2.26. The molecular weight excluding hydrogens is 166 g/mol. The monoisotopic (exact) mass is 181 g/mol. The molecule has 13 heavy (non-hydrogen) atoms. The summed E-state index contributed by atoms with van der Waals surface area (Å²) < 4.78 is 5.25. The second kappa shape index (κ2) is 3.47. The fourth-order valence-electron chi connectivity index (χ4n) is 1.75. The molecule has 0 atom stereocenters. The second-order valence-corrected chi connectivity index (χ2v) is 3.56. The van der Waals surface area contributed by atoms with Gasteiger partial charge < -0.3 is 15.2 Å². The van der Waals surface area contributed by atoms with Crippen molar-refractivity contribution >= 4 is 0 Å². The van der Waals surface area contributed by atoms with Crippen LogP contribution in [0.5, 0.6) is 0 Å². The molecular formula is C9H15N3O. The van der Waals surface area contributed by atoms with Crippen LogP contribution >= 0.6 is 0 Å². The van der Waals surface area contributed by atoms with Crippen molar-refractivity contribution in [2.45, 2.75) is 19.4 Å². The number of likely N-dealkylation sites (N-methyl/N-ethyl adjacent to an activating group) is 1. The summed E-state index contributed by atoms with van der Waals surface area (Å²) in [5.74, 6) is 0.991. The Morgan fingerprint density at radius 1 is 1.62 bits per heavy atom. The van der Waals surface area contributed by atoms with Crippen molar-refractivity contribution in [2.75, 3.05) is 20.1 Å². The van der Waals surface area contributed by atoms with Crippen LogP contribution in [0, 0.1) is 0 Å². The number of nitrogens with two attached hydrogens (primary N) is 1. The van der Waals surface area contributed by atoms with Gasteiger partial charge >= 0.3 is 0 Å². The van der Waals surface area contributed by atoms with E-state index in [9.17, 15) is 0 Å². The lowest BCUT2D eigenvalue weighted by molar-refractivity contribution is 0.301. The predicted molar refractivity (Wildman–Crippen MR) is 49.3 cm³/mol. The summed E-state index contributed by atoms with van der Waals surface area (Å²) in [4.78, 5) is 2.25. The summed E-state index contributed by atoms with van der Waals surface area (Å²) in [6, 6.07) is 0. The lowest BCUT2D eigenvalue weighted by Gasteiger charge is -2.20. The number of nitrogens with zero attached hydrogens (tertiary/aromatic N) is 2. The number of fused-ring (bicyclic) bond motifs is 1. The van der Waals surface area contributed by atoms with Gasteiger partial charge in [-0.2, -0.15) is 0 Å². The van der Waals surface area contributed by atoms with E-state index in [4.69, 9.17) is 10.3 Å². The van der Waals surface area contributed by atoms with E-state index in [1.807, 2.05) is 0 Å². The number of rotatable bonds is 2. The zero-order valence-electron chi connectivity index (χ0n) is 7.92. The first-order chi connectivity index (χ1) is 6.31. The van der Waals surface area contributed by atoms with Gasteiger partial charge in [-0.15, -0.1) is 0 Å². The third-order valence-corrected chi connectivity index (χ3v) is 2.49. The van der Waals surface area contributed by atoms with Crippen LogP contribution in [0.15, 0.2) is 4.52 Å². The number of hydrogen-bond donors (Lipinski definition) is 1. The van der Waals surface area contributed by atoms with Crippen LogP contribution in [0.2, 0.25) is 0 Å². The smallest absolute Gasteiger partial charge is 0.141 e. The van der Waals surface area contributed by atoms with Gasteiger partial charge in [0.25, 0.3) is 0 Å². The summed E-state index contributed by atoms with van der Waals surface area (Å²) in [7, 11) is 2.10. The van der Waals surface area contributed by atoms with Crippen LogP contribution in [0.4, 0.5) is 0 Å². The molecule has 0 saturated heterocycles. The molecule has 2 N–H and O–H groups in total. The molecule has 1 aromatic heterocycles. The van der Waals surface area contributed by atoms with Gasteiger partial charge in [0, 0.05) is 25.1 Å². The van der Waals surface area contributed by atoms with E-state index in [1.54, 1.807) is 0 Å². The molecule has 0 aliphatic carbocycles. The van der Waals surface area contributed by atoms with Crippen LogP contribution in [-0.4, -0.2) is 30.2 Å². The van der Waals surface area contributed by atoms with Crippen molar-refractivity contribution in [3.63, 3.8) is 0 Å². The molecule has 2 heterocycles. The maximum atomic E-state index is 5.48. The molecule has 0 bridgehead atoms. The van der Waals surface area contributed by atoms with E-state index in [2.05, 4.69) is 17.1 Å². The van der Waals surface area contributed by atoms with Gasteiger partial charge in [-0.3, -0.25) is 0 Å². The molecule has 0 unspecified atom stereocenters. The fourth-order valence-corrected chi connectivity index (χ4v) is 1.75. The number of hydrogen-bond acceptors (Lipinski definition) is 4. The van der Waals surface area contributed by atoms with Crippen molar-refractivity contribution in [1.29, 1.82) is 0 Å². The van der Waals surface area contributed by atoms with Crippen LogP contribution < -0.4 is 5.73 Å². The summed E-state index contributed by atoms with van der Waals surface area (Å²) in [5.41, 5.74) is 7.87. The molecule has 1 aromatic rings. The molecule has 4 heteroatoms. The summed E-state index contributed by atoms with van der Waals surface area (Å²) in [6.45, 7) is 2.63. The van der Waals surface area contributed by atoms with Crippen molar-refractivity contribution in [3.05, 3.63) is 17.0 Å². The zero-order chi connectivity index (χ0) is 9.26. The van der Waals surface area contributed by atoms with Gasteiger partial charge in [-0.05, 0) is 20.0 Å². The minimum Gasteiger partial charge on any atom is -0.361 e. The first-order valence-electron chi connectivity index (χ1n) is 4.66. The topological polar surface area (TPSA) is 55.3 Å². The van der Waals surface area contributed by atoms with Gasteiger partial charge in [0.05, 0.1) is 0 Å². The van der Waals surface area contributed by atoms with Crippen LogP contribution in [-0.2, 0) is 19.4 Å². The summed E-state index contributed by atoms with van der Waals surface area (Å²) >= 11 is 0. The van der Waals surface area contributed by atoms with Crippen molar-refractivity contribution in [1.82, 2.24) is 10.1 Å². The quantitative estimate of drug-likeness (QED) is 0.706. The van der Waals surface area contributed by atoms with Crippen LogP contribution in [0.25, 0.3) is 0 Å². The van der Waals surface area contributed by atoms with Gasteiger partial charge in [0.1, 0.15) is 11.5 Å². The first kappa shape index (κ1) is 8.72. The number of aromatic nitrogens is 1. The first-order valence-corrected chi connectivity index (χ1v) is 4.66. The maximum absolute atomic E-state index is 5.48. The Labute approximate surface area is 77.7 Å². The zero-order valence-corrected chi connectivity index (χ0v) is 7.92. The van der Waals surface area contributed by atoms with Crippen LogP contribution in [0.1, 0.15) is 17.0 Å². The standard InChI is InChI=1S/C9H15N3O/c1-12-5-3-7-8(6-12)11-13-9(7)2-4-10/h2-6,10H2,1H3. The molecule has 0 aromatic carbocycles. The summed E-state index contributed by atoms with van der Waals surface area (Å²) in [6.07, 6.45) is 1.86. The highest BCUT2D eigenvalue weighted by atomic mass is 16.5. The second-order valence-electron chi connectivity index (χ2n) is 3.56. The Kier molecular flexibility index (Phi) is 2.33. The molecule has 72 valence electrons. The van der Waals surface area contributed by atoms with Crippen LogP contribution in [0.3, 0.4) is 0 Å². The van der Waals surface area contributed by atoms with Gasteiger partial charge in [-0.25, -0.2) is 0 Å². The average Bonchev–Trinajstić information content (AvgIpc) is 2.49. The van der Waals surface area contributed by atoms with Crippen molar-refractivity contribution in [3.8, 4) is 0 Å². The fraction of sp³-hybridized carbons (Fsp3) is 0.667. The highest BCUT2D eigenvalue weighted by Crippen LogP contribution is 2.20. The predicted octanol–water partition coefficient (Wildman–Crippen LogP) is 0.164. The van der Waals surface area contributed by atoms with E-state index >= 15 is 0 Å². The Morgan fingerprint density at radius 2 is 2.46 bits per heavy atom. The Balaban J connectivity index is 2.23. The van der Waals surface area contributed by atoms with Crippen molar-refractivity contribution < 1.29 is 4.52 Å². The molecule has 2 rings (SSSR count). The highest BCUT2D eigenvalue weighted by molar-refractivity contribution is 5.25. The maximum Gasteiger partial charge on any atom is 0.141 e. The molecule has 0 spiro atoms. The average molecular weight is 181 g/mol. The van der Waals surface area contributed by atoms with E-state index in [1.165, 1.54) is 5.56 Å². The Bertz CT molecular complexity index is 282. The SMILES string of the molecule is CN1CCc2c(noc2CCN)C1. The lowest BCUT2D eigenvalue weighted by atomic mass is 10.0. The van der Waals surface area contributed by atoms with Gasteiger partial charge in [0.2, 0.25) is 0 Å². The molecule has 0 fully saturated rings. The van der Waals surface area contributed by atoms with E-state index in [0.29, 0.717) is 6.54 Å². The molecule has 1 aliphatic rings. The minimum atomic E-state index is 0.636. The molecule has 0 amide bonds.